The average molecular weight is 485 g/mol. The molecule has 1 amide bonds. The maximum Gasteiger partial charge on any atom is 0.232 e. The number of hydrogen-bond donors (Lipinski definition) is 1. The van der Waals surface area contributed by atoms with Crippen molar-refractivity contribution in [1.29, 1.82) is 0 Å². The first kappa shape index (κ1) is 24.7. The highest BCUT2D eigenvalue weighted by Gasteiger charge is 2.20. The molecule has 3 rings (SSSR count). The van der Waals surface area contributed by atoms with Crippen molar-refractivity contribution in [2.75, 3.05) is 30.3 Å². The smallest absolute Gasteiger partial charge is 0.232 e. The summed E-state index contributed by atoms with van der Waals surface area (Å²) in [5.41, 5.74) is 0.616. The van der Waals surface area contributed by atoms with Crippen LogP contribution in [0.1, 0.15) is 12.8 Å². The van der Waals surface area contributed by atoms with Gasteiger partial charge in [-0.2, -0.15) is 0 Å². The van der Waals surface area contributed by atoms with Crippen LogP contribution in [0.3, 0.4) is 0 Å². The molecule has 0 saturated heterocycles. The summed E-state index contributed by atoms with van der Waals surface area (Å²) in [4.78, 5) is 14.1. The fraction of sp³-hybridized carbons (Fsp3) is 0.240. The zero-order valence-electron chi connectivity index (χ0n) is 18.5. The molecule has 0 aliphatic heterocycles. The molecule has 3 aromatic rings. The van der Waals surface area contributed by atoms with Gasteiger partial charge in [-0.05, 0) is 42.8 Å². The van der Waals surface area contributed by atoms with E-state index in [2.05, 4.69) is 5.32 Å². The molecule has 0 bridgehead atoms. The van der Waals surface area contributed by atoms with Crippen LogP contribution in [-0.2, 0) is 14.8 Å². The molecule has 0 fully saturated rings. The normalized spacial score (nSPS) is 11.1. The fourth-order valence-corrected chi connectivity index (χ4v) is 5.19. The number of benzene rings is 3. The number of para-hydroxylation sites is 2. The lowest BCUT2D eigenvalue weighted by Crippen LogP contribution is -2.33. The van der Waals surface area contributed by atoms with Crippen molar-refractivity contribution in [3.05, 3.63) is 84.9 Å². The molecule has 0 aliphatic carbocycles. The van der Waals surface area contributed by atoms with Gasteiger partial charge in [-0.15, -0.1) is 0 Å². The van der Waals surface area contributed by atoms with Gasteiger partial charge in [-0.3, -0.25) is 9.10 Å². The maximum absolute atomic E-state index is 12.6. The molecule has 174 valence electrons. The van der Waals surface area contributed by atoms with Gasteiger partial charge in [0.25, 0.3) is 0 Å². The van der Waals surface area contributed by atoms with Crippen LogP contribution in [0.15, 0.2) is 94.7 Å². The number of nitrogens with zero attached hydrogens (tertiary/aromatic N) is 1. The number of rotatable bonds is 12. The maximum atomic E-state index is 12.6. The monoisotopic (exact) mass is 484 g/mol. The Balaban J connectivity index is 1.54. The molecule has 3 aromatic carbocycles. The van der Waals surface area contributed by atoms with Crippen LogP contribution in [0.2, 0.25) is 0 Å². The number of carbonyl (C=O) groups is 1. The molecule has 0 radical (unpaired) electrons. The van der Waals surface area contributed by atoms with Crippen molar-refractivity contribution in [1.82, 2.24) is 5.32 Å². The van der Waals surface area contributed by atoms with Gasteiger partial charge in [0.05, 0.1) is 18.5 Å². The van der Waals surface area contributed by atoms with Crippen LogP contribution < -0.4 is 14.4 Å². The third kappa shape index (κ3) is 8.14. The lowest BCUT2D eigenvalue weighted by Gasteiger charge is -2.24. The summed E-state index contributed by atoms with van der Waals surface area (Å²) in [5.74, 6) is 0.620. The first-order valence-corrected chi connectivity index (χ1v) is 13.3. The largest absolute Gasteiger partial charge is 0.492 e. The Morgan fingerprint density at radius 2 is 1.58 bits per heavy atom. The standard InChI is InChI=1S/C25H28N2O4S2/c1-33(29,30)27(23-15-8-9-16-24(23)32-22-13-6-3-7-14-22)19-10-17-25(28)26-18-20-31-21-11-4-2-5-12-21/h2-9,11-16H,10,17-20H2,1H3,(H,26,28). The second kappa shape index (κ2) is 12.3. The number of carbonyl (C=O) groups excluding carboxylic acids is 1. The lowest BCUT2D eigenvalue weighted by molar-refractivity contribution is -0.121. The molecule has 0 aliphatic rings. The Morgan fingerprint density at radius 3 is 2.27 bits per heavy atom. The van der Waals surface area contributed by atoms with Gasteiger partial charge in [-0.1, -0.05) is 60.3 Å². The Bertz CT molecular complexity index is 1120. The van der Waals surface area contributed by atoms with E-state index in [1.165, 1.54) is 22.3 Å². The van der Waals surface area contributed by atoms with Crippen LogP contribution in [-0.4, -0.2) is 40.3 Å². The van der Waals surface area contributed by atoms with E-state index in [0.717, 1.165) is 15.5 Å². The van der Waals surface area contributed by atoms with E-state index in [1.807, 2.05) is 78.9 Å². The molecule has 0 aromatic heterocycles. The van der Waals surface area contributed by atoms with E-state index in [-0.39, 0.29) is 18.9 Å². The predicted molar refractivity (Wildman–Crippen MR) is 133 cm³/mol. The van der Waals surface area contributed by atoms with Gasteiger partial charge in [-0.25, -0.2) is 8.42 Å². The summed E-state index contributed by atoms with van der Waals surface area (Å²) >= 11 is 1.51. The summed E-state index contributed by atoms with van der Waals surface area (Å²) in [6, 6.07) is 26.6. The van der Waals surface area contributed by atoms with E-state index in [9.17, 15) is 13.2 Å². The van der Waals surface area contributed by atoms with Crippen molar-refractivity contribution < 1.29 is 17.9 Å². The minimum Gasteiger partial charge on any atom is -0.492 e. The Hall–Kier alpha value is -2.97. The summed E-state index contributed by atoms with van der Waals surface area (Å²) < 4.78 is 32.1. The van der Waals surface area contributed by atoms with Crippen LogP contribution in [0.25, 0.3) is 0 Å². The van der Waals surface area contributed by atoms with Gasteiger partial charge < -0.3 is 10.1 Å². The molecule has 6 nitrogen and oxygen atoms in total. The number of ether oxygens (including phenoxy) is 1. The summed E-state index contributed by atoms with van der Waals surface area (Å²) in [6.07, 6.45) is 1.83. The summed E-state index contributed by atoms with van der Waals surface area (Å²) in [5, 5.41) is 2.81. The van der Waals surface area contributed by atoms with Crippen molar-refractivity contribution >= 4 is 33.4 Å². The lowest BCUT2D eigenvalue weighted by atomic mass is 10.2. The second-order valence-electron chi connectivity index (χ2n) is 7.33. The van der Waals surface area contributed by atoms with E-state index in [4.69, 9.17) is 4.74 Å². The van der Waals surface area contributed by atoms with Gasteiger partial charge in [0.15, 0.2) is 0 Å². The molecule has 0 heterocycles. The molecular formula is C25H28N2O4S2. The van der Waals surface area contributed by atoms with Gasteiger partial charge >= 0.3 is 0 Å². The Morgan fingerprint density at radius 1 is 0.939 bits per heavy atom. The molecule has 8 heteroatoms. The van der Waals surface area contributed by atoms with E-state index in [1.54, 1.807) is 6.07 Å². The number of hydrogen-bond acceptors (Lipinski definition) is 5. The first-order chi connectivity index (χ1) is 15.9. The van der Waals surface area contributed by atoms with E-state index in [0.29, 0.717) is 25.3 Å². The minimum atomic E-state index is -3.51. The predicted octanol–water partition coefficient (Wildman–Crippen LogP) is 4.58. The molecule has 0 spiro atoms. The number of amides is 1. The molecule has 1 N–H and O–H groups in total. The van der Waals surface area contributed by atoms with Gasteiger partial charge in [0.2, 0.25) is 15.9 Å². The Labute approximate surface area is 200 Å². The number of nitrogens with one attached hydrogen (secondary N) is 1. The van der Waals surface area contributed by atoms with Crippen LogP contribution in [0, 0.1) is 0 Å². The summed E-state index contributed by atoms with van der Waals surface area (Å²) in [6.45, 7) is 0.981. The SMILES string of the molecule is CS(=O)(=O)N(CCCC(=O)NCCOc1ccccc1)c1ccccc1Sc1ccccc1. The number of sulfonamides is 1. The first-order valence-electron chi connectivity index (χ1n) is 10.7. The zero-order valence-corrected chi connectivity index (χ0v) is 20.1. The van der Waals surface area contributed by atoms with Crippen LogP contribution >= 0.6 is 11.8 Å². The van der Waals surface area contributed by atoms with Crippen LogP contribution in [0.4, 0.5) is 5.69 Å². The number of anilines is 1. The van der Waals surface area contributed by atoms with Crippen molar-refractivity contribution in [3.8, 4) is 5.75 Å². The Kier molecular flexibility index (Phi) is 9.21. The fourth-order valence-electron chi connectivity index (χ4n) is 3.18. The molecular weight excluding hydrogens is 456 g/mol. The van der Waals surface area contributed by atoms with Crippen molar-refractivity contribution in [3.63, 3.8) is 0 Å². The third-order valence-electron chi connectivity index (χ3n) is 4.71. The highest BCUT2D eigenvalue weighted by molar-refractivity contribution is 7.99. The molecule has 0 atom stereocenters. The van der Waals surface area contributed by atoms with Gasteiger partial charge in [0.1, 0.15) is 12.4 Å². The average Bonchev–Trinajstić information content (AvgIpc) is 2.81. The minimum absolute atomic E-state index is 0.132. The quantitative estimate of drug-likeness (QED) is 0.381. The molecule has 0 unspecified atom stereocenters. The highest BCUT2D eigenvalue weighted by Crippen LogP contribution is 2.36. The zero-order chi connectivity index (χ0) is 23.5. The second-order valence-corrected chi connectivity index (χ2v) is 10.4. The molecule has 33 heavy (non-hydrogen) atoms. The van der Waals surface area contributed by atoms with Crippen molar-refractivity contribution in [2.24, 2.45) is 0 Å². The highest BCUT2D eigenvalue weighted by atomic mass is 32.2. The third-order valence-corrected chi connectivity index (χ3v) is 6.96. The van der Waals surface area contributed by atoms with E-state index >= 15 is 0 Å². The summed E-state index contributed by atoms with van der Waals surface area (Å²) in [7, 11) is -3.51. The molecule has 0 saturated carbocycles. The van der Waals surface area contributed by atoms with Crippen molar-refractivity contribution in [2.45, 2.75) is 22.6 Å². The van der Waals surface area contributed by atoms with Gasteiger partial charge in [0, 0.05) is 22.8 Å². The van der Waals surface area contributed by atoms with E-state index < -0.39 is 10.0 Å². The van der Waals surface area contributed by atoms with Crippen LogP contribution in [0.5, 0.6) is 5.75 Å². The topological polar surface area (TPSA) is 75.7 Å².